The summed E-state index contributed by atoms with van der Waals surface area (Å²) in [6, 6.07) is 0. The number of Topliss-reactive ketones (excluding diaryl/α,β-unsaturated/α-hetero) is 1. The van der Waals surface area contributed by atoms with E-state index in [9.17, 15) is 14.7 Å². The fourth-order valence-electron chi connectivity index (χ4n) is 3.30. The highest BCUT2D eigenvalue weighted by Gasteiger charge is 2.52. The van der Waals surface area contributed by atoms with E-state index in [1.54, 1.807) is 0 Å². The zero-order valence-corrected chi connectivity index (χ0v) is 9.00. The molecule has 2 fully saturated rings. The standard InChI is InChI=1S/C12H18O3/c13-10-7-3-4-8-12(10,11(14)15)9-5-1-2-6-9/h9H,1-8H2,(H,14,15). The van der Waals surface area contributed by atoms with Crippen LogP contribution in [0.2, 0.25) is 0 Å². The summed E-state index contributed by atoms with van der Waals surface area (Å²) in [6.45, 7) is 0. The fourth-order valence-corrected chi connectivity index (χ4v) is 3.30. The Labute approximate surface area is 89.9 Å². The van der Waals surface area contributed by atoms with Gasteiger partial charge < -0.3 is 5.11 Å². The summed E-state index contributed by atoms with van der Waals surface area (Å²) in [5.74, 6) is -0.755. The zero-order valence-electron chi connectivity index (χ0n) is 9.00. The molecule has 0 spiro atoms. The van der Waals surface area contributed by atoms with Crippen LogP contribution in [0.4, 0.5) is 0 Å². The van der Waals surface area contributed by atoms with Gasteiger partial charge in [-0.25, -0.2) is 0 Å². The Bertz CT molecular complexity index is 279. The minimum absolute atomic E-state index is 0.00634. The highest BCUT2D eigenvalue weighted by molar-refractivity contribution is 6.03. The van der Waals surface area contributed by atoms with E-state index < -0.39 is 11.4 Å². The molecule has 2 aliphatic rings. The molecule has 0 aromatic rings. The third-order valence-electron chi connectivity index (χ3n) is 4.16. The second-order valence-electron chi connectivity index (χ2n) is 4.89. The van der Waals surface area contributed by atoms with Gasteiger partial charge in [0.05, 0.1) is 0 Å². The van der Waals surface area contributed by atoms with Crippen molar-refractivity contribution < 1.29 is 14.7 Å². The molecule has 1 N–H and O–H groups in total. The molecule has 0 saturated heterocycles. The third kappa shape index (κ3) is 1.58. The van der Waals surface area contributed by atoms with Crippen molar-refractivity contribution in [2.45, 2.75) is 51.4 Å². The van der Waals surface area contributed by atoms with E-state index in [-0.39, 0.29) is 11.7 Å². The van der Waals surface area contributed by atoms with E-state index in [0.29, 0.717) is 12.8 Å². The molecule has 15 heavy (non-hydrogen) atoms. The van der Waals surface area contributed by atoms with Crippen molar-refractivity contribution in [3.8, 4) is 0 Å². The smallest absolute Gasteiger partial charge is 0.317 e. The highest BCUT2D eigenvalue weighted by atomic mass is 16.4. The molecule has 2 rings (SSSR count). The molecule has 3 nitrogen and oxygen atoms in total. The molecule has 84 valence electrons. The molecule has 0 radical (unpaired) electrons. The van der Waals surface area contributed by atoms with Crippen LogP contribution in [-0.4, -0.2) is 16.9 Å². The van der Waals surface area contributed by atoms with Crippen LogP contribution in [0.3, 0.4) is 0 Å². The van der Waals surface area contributed by atoms with Gasteiger partial charge >= 0.3 is 5.97 Å². The molecule has 3 heteroatoms. The summed E-state index contributed by atoms with van der Waals surface area (Å²) in [4.78, 5) is 23.4. The van der Waals surface area contributed by atoms with Crippen molar-refractivity contribution in [2.24, 2.45) is 11.3 Å². The van der Waals surface area contributed by atoms with Gasteiger partial charge in [-0.05, 0) is 31.6 Å². The minimum atomic E-state index is -1.01. The maximum atomic E-state index is 12.0. The van der Waals surface area contributed by atoms with Gasteiger partial charge in [-0.2, -0.15) is 0 Å². The first-order valence-corrected chi connectivity index (χ1v) is 5.94. The predicted molar refractivity (Wildman–Crippen MR) is 55.5 cm³/mol. The van der Waals surface area contributed by atoms with Gasteiger partial charge in [0.2, 0.25) is 0 Å². The summed E-state index contributed by atoms with van der Waals surface area (Å²) >= 11 is 0. The maximum Gasteiger partial charge on any atom is 0.317 e. The Kier molecular flexibility index (Phi) is 2.81. The van der Waals surface area contributed by atoms with Gasteiger partial charge in [-0.3, -0.25) is 9.59 Å². The maximum absolute atomic E-state index is 12.0. The molecular formula is C12H18O3. The number of rotatable bonds is 2. The summed E-state index contributed by atoms with van der Waals surface area (Å²) < 4.78 is 0. The van der Waals surface area contributed by atoms with Crippen molar-refractivity contribution in [1.29, 1.82) is 0 Å². The number of hydrogen-bond donors (Lipinski definition) is 1. The molecular weight excluding hydrogens is 192 g/mol. The Balaban J connectivity index is 2.29. The van der Waals surface area contributed by atoms with Crippen molar-refractivity contribution in [3.05, 3.63) is 0 Å². The zero-order chi connectivity index (χ0) is 10.9. The Morgan fingerprint density at radius 1 is 1.20 bits per heavy atom. The Morgan fingerprint density at radius 3 is 2.40 bits per heavy atom. The van der Waals surface area contributed by atoms with Crippen LogP contribution in [0.15, 0.2) is 0 Å². The minimum Gasteiger partial charge on any atom is -0.480 e. The summed E-state index contributed by atoms with van der Waals surface area (Å²) in [5, 5.41) is 9.40. The molecule has 0 aromatic carbocycles. The van der Waals surface area contributed by atoms with Crippen molar-refractivity contribution >= 4 is 11.8 Å². The summed E-state index contributed by atoms with van der Waals surface area (Å²) in [6.07, 6.45) is 6.86. The first-order valence-electron chi connectivity index (χ1n) is 5.94. The van der Waals surface area contributed by atoms with Crippen LogP contribution < -0.4 is 0 Å². The van der Waals surface area contributed by atoms with Gasteiger partial charge in [0.15, 0.2) is 0 Å². The number of carboxylic acid groups (broad SMARTS) is 1. The van der Waals surface area contributed by atoms with Crippen molar-refractivity contribution in [1.82, 2.24) is 0 Å². The molecule has 2 saturated carbocycles. The fraction of sp³-hybridized carbons (Fsp3) is 0.833. The van der Waals surface area contributed by atoms with Gasteiger partial charge in [0.25, 0.3) is 0 Å². The SMILES string of the molecule is O=C(O)C1(C2CCCC2)CCCCC1=O. The lowest BCUT2D eigenvalue weighted by Crippen LogP contribution is -2.46. The number of carbonyl (C=O) groups excluding carboxylic acids is 1. The lowest BCUT2D eigenvalue weighted by atomic mass is 9.64. The molecule has 1 atom stereocenters. The normalized spacial score (nSPS) is 33.2. The van der Waals surface area contributed by atoms with Gasteiger partial charge in [0.1, 0.15) is 11.2 Å². The second kappa shape index (κ2) is 3.95. The Morgan fingerprint density at radius 2 is 1.87 bits per heavy atom. The molecule has 0 heterocycles. The lowest BCUT2D eigenvalue weighted by Gasteiger charge is -2.36. The Hall–Kier alpha value is -0.860. The number of hydrogen-bond acceptors (Lipinski definition) is 2. The van der Waals surface area contributed by atoms with E-state index in [0.717, 1.165) is 38.5 Å². The summed E-state index contributed by atoms with van der Waals surface area (Å²) in [5.41, 5.74) is -1.01. The van der Waals surface area contributed by atoms with Crippen LogP contribution in [0, 0.1) is 11.3 Å². The molecule has 0 aliphatic heterocycles. The van der Waals surface area contributed by atoms with Crippen LogP contribution in [0.1, 0.15) is 51.4 Å². The second-order valence-corrected chi connectivity index (χ2v) is 4.89. The van der Waals surface area contributed by atoms with E-state index >= 15 is 0 Å². The van der Waals surface area contributed by atoms with Crippen LogP contribution >= 0.6 is 0 Å². The van der Waals surface area contributed by atoms with Crippen molar-refractivity contribution in [3.63, 3.8) is 0 Å². The van der Waals surface area contributed by atoms with Gasteiger partial charge in [0, 0.05) is 6.42 Å². The highest BCUT2D eigenvalue weighted by Crippen LogP contribution is 2.47. The lowest BCUT2D eigenvalue weighted by molar-refractivity contribution is -0.161. The van der Waals surface area contributed by atoms with E-state index in [1.165, 1.54) is 0 Å². The quantitative estimate of drug-likeness (QED) is 0.712. The number of aliphatic carboxylic acids is 1. The monoisotopic (exact) mass is 210 g/mol. The average Bonchev–Trinajstić information content (AvgIpc) is 2.71. The molecule has 0 aromatic heterocycles. The van der Waals surface area contributed by atoms with Crippen LogP contribution in [0.25, 0.3) is 0 Å². The topological polar surface area (TPSA) is 54.4 Å². The van der Waals surface area contributed by atoms with Crippen LogP contribution in [0.5, 0.6) is 0 Å². The number of carboxylic acids is 1. The third-order valence-corrected chi connectivity index (χ3v) is 4.16. The molecule has 0 amide bonds. The van der Waals surface area contributed by atoms with E-state index in [2.05, 4.69) is 0 Å². The first kappa shape index (κ1) is 10.7. The van der Waals surface area contributed by atoms with E-state index in [4.69, 9.17) is 0 Å². The molecule has 0 bridgehead atoms. The van der Waals surface area contributed by atoms with Gasteiger partial charge in [-0.15, -0.1) is 0 Å². The molecule has 2 aliphatic carbocycles. The van der Waals surface area contributed by atoms with Crippen LogP contribution in [-0.2, 0) is 9.59 Å². The summed E-state index contributed by atoms with van der Waals surface area (Å²) in [7, 11) is 0. The average molecular weight is 210 g/mol. The number of ketones is 1. The first-order chi connectivity index (χ1) is 7.18. The molecule has 1 unspecified atom stereocenters. The predicted octanol–water partition coefficient (Wildman–Crippen LogP) is 2.39. The van der Waals surface area contributed by atoms with Crippen molar-refractivity contribution in [2.75, 3.05) is 0 Å². The van der Waals surface area contributed by atoms with E-state index in [1.807, 2.05) is 0 Å². The largest absolute Gasteiger partial charge is 0.480 e. The van der Waals surface area contributed by atoms with Gasteiger partial charge in [-0.1, -0.05) is 19.3 Å². The number of carbonyl (C=O) groups is 2.